The first-order valence-corrected chi connectivity index (χ1v) is 10.7. The van der Waals surface area contributed by atoms with E-state index in [0.717, 1.165) is 16.0 Å². The topological polar surface area (TPSA) is 38.8 Å². The first-order valence-electron chi connectivity index (χ1n) is 9.07. The summed E-state index contributed by atoms with van der Waals surface area (Å²) in [6.07, 6.45) is 0.710. The average Bonchev–Trinajstić information content (AvgIpc) is 3.27. The van der Waals surface area contributed by atoms with E-state index in [0.29, 0.717) is 40.1 Å². The highest BCUT2D eigenvalue weighted by Gasteiger charge is 2.35. The van der Waals surface area contributed by atoms with Crippen LogP contribution in [0.3, 0.4) is 0 Å². The smallest absolute Gasteiger partial charge is 0.256 e. The van der Waals surface area contributed by atoms with E-state index in [-0.39, 0.29) is 11.9 Å². The number of hydrogen-bond donors (Lipinski definition) is 0. The molecule has 0 fully saturated rings. The molecule has 1 aromatic heterocycles. The van der Waals surface area contributed by atoms with E-state index in [1.165, 1.54) is 0 Å². The number of benzene rings is 2. The molecular formula is C22H19Cl2NO3S. The number of carbonyl (C=O) groups excluding carboxylic acids is 1. The lowest BCUT2D eigenvalue weighted by atomic mass is 9.90. The summed E-state index contributed by atoms with van der Waals surface area (Å²) >= 11 is 14.1. The molecule has 0 saturated heterocycles. The van der Waals surface area contributed by atoms with Crippen LogP contribution in [0.15, 0.2) is 47.8 Å². The molecule has 1 amide bonds. The normalized spacial score (nSPS) is 15.7. The third-order valence-electron chi connectivity index (χ3n) is 5.11. The Morgan fingerprint density at radius 3 is 2.55 bits per heavy atom. The summed E-state index contributed by atoms with van der Waals surface area (Å²) in [5.41, 5.74) is 2.58. The molecule has 0 saturated carbocycles. The molecule has 0 bridgehead atoms. The fourth-order valence-corrected chi connectivity index (χ4v) is 4.96. The molecule has 0 radical (unpaired) electrons. The SMILES string of the molecule is COc1cc2c(cc1OC)C(c1cccs1)N(C(=O)c1cc(Cl)ccc1Cl)CC2. The molecule has 1 atom stereocenters. The molecule has 1 aliphatic heterocycles. The van der Waals surface area contributed by atoms with Gasteiger partial charge in [0.2, 0.25) is 0 Å². The van der Waals surface area contributed by atoms with E-state index in [4.69, 9.17) is 32.7 Å². The van der Waals surface area contributed by atoms with Gasteiger partial charge in [0.25, 0.3) is 5.91 Å². The van der Waals surface area contributed by atoms with Crippen LogP contribution in [0.2, 0.25) is 10.0 Å². The summed E-state index contributed by atoms with van der Waals surface area (Å²) in [7, 11) is 3.24. The van der Waals surface area contributed by atoms with Crippen molar-refractivity contribution in [2.75, 3.05) is 20.8 Å². The van der Waals surface area contributed by atoms with Crippen molar-refractivity contribution in [3.63, 3.8) is 0 Å². The first-order chi connectivity index (χ1) is 14.0. The molecule has 0 aliphatic carbocycles. The molecule has 4 nitrogen and oxygen atoms in total. The maximum Gasteiger partial charge on any atom is 0.256 e. The third-order valence-corrected chi connectivity index (χ3v) is 6.60. The van der Waals surface area contributed by atoms with E-state index in [2.05, 4.69) is 0 Å². The Kier molecular flexibility index (Phi) is 5.72. The Morgan fingerprint density at radius 2 is 1.86 bits per heavy atom. The lowest BCUT2D eigenvalue weighted by Gasteiger charge is -2.37. The van der Waals surface area contributed by atoms with E-state index in [1.807, 2.05) is 34.5 Å². The van der Waals surface area contributed by atoms with Crippen LogP contribution in [0.5, 0.6) is 11.5 Å². The Labute approximate surface area is 183 Å². The van der Waals surface area contributed by atoms with E-state index < -0.39 is 0 Å². The van der Waals surface area contributed by atoms with E-state index in [1.54, 1.807) is 43.8 Å². The lowest BCUT2D eigenvalue weighted by molar-refractivity contribution is 0.0697. The van der Waals surface area contributed by atoms with E-state index in [9.17, 15) is 4.79 Å². The van der Waals surface area contributed by atoms with Crippen LogP contribution in [0.25, 0.3) is 0 Å². The standard InChI is InChI=1S/C22H19Cl2NO3S/c1-27-18-10-13-7-8-25(22(26)16-11-14(23)5-6-17(16)24)21(20-4-3-9-29-20)15(13)12-19(18)28-2/h3-6,9-12,21H,7-8H2,1-2H3. The maximum atomic E-state index is 13.5. The second kappa shape index (κ2) is 8.27. The number of rotatable bonds is 4. The highest BCUT2D eigenvalue weighted by molar-refractivity contribution is 7.10. The number of carbonyl (C=O) groups is 1. The summed E-state index contributed by atoms with van der Waals surface area (Å²) in [5, 5.41) is 2.89. The van der Waals surface area contributed by atoms with Gasteiger partial charge in [-0.05, 0) is 59.3 Å². The maximum absolute atomic E-state index is 13.5. The van der Waals surface area contributed by atoms with Gasteiger partial charge in [-0.25, -0.2) is 0 Å². The number of ether oxygens (including phenoxy) is 2. The Hall–Kier alpha value is -2.21. The zero-order valence-corrected chi connectivity index (χ0v) is 18.3. The minimum Gasteiger partial charge on any atom is -0.493 e. The van der Waals surface area contributed by atoms with Crippen LogP contribution in [-0.4, -0.2) is 31.6 Å². The highest BCUT2D eigenvalue weighted by Crippen LogP contribution is 2.43. The van der Waals surface area contributed by atoms with Crippen LogP contribution in [0.4, 0.5) is 0 Å². The zero-order valence-electron chi connectivity index (χ0n) is 15.9. The van der Waals surface area contributed by atoms with Crippen molar-refractivity contribution >= 4 is 40.4 Å². The molecule has 3 aromatic rings. The lowest BCUT2D eigenvalue weighted by Crippen LogP contribution is -2.40. The summed E-state index contributed by atoms with van der Waals surface area (Å²) in [6, 6.07) is 12.7. The van der Waals surface area contributed by atoms with Gasteiger partial charge in [-0.15, -0.1) is 11.3 Å². The number of nitrogens with zero attached hydrogens (tertiary/aromatic N) is 1. The summed E-state index contributed by atoms with van der Waals surface area (Å²) < 4.78 is 11.0. The summed E-state index contributed by atoms with van der Waals surface area (Å²) in [4.78, 5) is 16.4. The highest BCUT2D eigenvalue weighted by atomic mass is 35.5. The molecule has 1 aliphatic rings. The first kappa shape index (κ1) is 20.1. The number of amides is 1. The second-order valence-corrected chi connectivity index (χ2v) is 8.52. The third kappa shape index (κ3) is 3.70. The number of fused-ring (bicyclic) bond motifs is 1. The molecule has 4 rings (SSSR count). The van der Waals surface area contributed by atoms with Gasteiger partial charge in [-0.3, -0.25) is 4.79 Å². The Bertz CT molecular complexity index is 1050. The van der Waals surface area contributed by atoms with Crippen LogP contribution >= 0.6 is 34.5 Å². The molecule has 1 unspecified atom stereocenters. The largest absolute Gasteiger partial charge is 0.493 e. The number of thiophene rings is 1. The van der Waals surface area contributed by atoms with Crippen LogP contribution in [-0.2, 0) is 6.42 Å². The number of hydrogen-bond acceptors (Lipinski definition) is 4. The van der Waals surface area contributed by atoms with Crippen molar-refractivity contribution in [3.05, 3.63) is 79.5 Å². The van der Waals surface area contributed by atoms with Gasteiger partial charge in [0.1, 0.15) is 0 Å². The van der Waals surface area contributed by atoms with Crippen LogP contribution in [0.1, 0.15) is 32.4 Å². The predicted molar refractivity (Wildman–Crippen MR) is 117 cm³/mol. The molecule has 29 heavy (non-hydrogen) atoms. The number of methoxy groups -OCH3 is 2. The fourth-order valence-electron chi connectivity index (χ4n) is 3.73. The van der Waals surface area contributed by atoms with Crippen LogP contribution in [0, 0.1) is 0 Å². The second-order valence-electron chi connectivity index (χ2n) is 6.70. The van der Waals surface area contributed by atoms with Crippen molar-refractivity contribution in [2.45, 2.75) is 12.5 Å². The average molecular weight is 448 g/mol. The summed E-state index contributed by atoms with van der Waals surface area (Å²) in [6.45, 7) is 0.562. The van der Waals surface area contributed by atoms with Crippen molar-refractivity contribution in [2.24, 2.45) is 0 Å². The van der Waals surface area contributed by atoms with Gasteiger partial charge >= 0.3 is 0 Å². The summed E-state index contributed by atoms with van der Waals surface area (Å²) in [5.74, 6) is 1.19. The molecule has 7 heteroatoms. The Morgan fingerprint density at radius 1 is 1.10 bits per heavy atom. The predicted octanol–water partition coefficient (Wildman–Crippen LogP) is 5.86. The van der Waals surface area contributed by atoms with Crippen LogP contribution < -0.4 is 9.47 Å². The van der Waals surface area contributed by atoms with Gasteiger partial charge in [0, 0.05) is 16.4 Å². The van der Waals surface area contributed by atoms with Crippen molar-refractivity contribution < 1.29 is 14.3 Å². The molecule has 2 aromatic carbocycles. The van der Waals surface area contributed by atoms with Crippen molar-refractivity contribution in [3.8, 4) is 11.5 Å². The quantitative estimate of drug-likeness (QED) is 0.502. The number of halogens is 2. The Balaban J connectivity index is 1.84. The van der Waals surface area contributed by atoms with Gasteiger partial charge in [-0.2, -0.15) is 0 Å². The fraction of sp³-hybridized carbons (Fsp3) is 0.227. The minimum absolute atomic E-state index is 0.142. The minimum atomic E-state index is -0.235. The van der Waals surface area contributed by atoms with Gasteiger partial charge in [0.15, 0.2) is 11.5 Å². The van der Waals surface area contributed by atoms with Gasteiger partial charge < -0.3 is 14.4 Å². The monoisotopic (exact) mass is 447 g/mol. The zero-order chi connectivity index (χ0) is 20.5. The van der Waals surface area contributed by atoms with Crippen molar-refractivity contribution in [1.82, 2.24) is 4.90 Å². The van der Waals surface area contributed by atoms with Gasteiger partial charge in [0.05, 0.1) is 30.8 Å². The molecule has 0 spiro atoms. The van der Waals surface area contributed by atoms with E-state index >= 15 is 0 Å². The van der Waals surface area contributed by atoms with Crippen molar-refractivity contribution in [1.29, 1.82) is 0 Å². The molecule has 0 N–H and O–H groups in total. The molecular weight excluding hydrogens is 429 g/mol. The van der Waals surface area contributed by atoms with Gasteiger partial charge in [-0.1, -0.05) is 29.3 Å². The molecule has 150 valence electrons. The molecule has 2 heterocycles.